The molecule has 26 heavy (non-hydrogen) atoms. The van der Waals surface area contributed by atoms with Gasteiger partial charge in [0.1, 0.15) is 11.2 Å². The summed E-state index contributed by atoms with van der Waals surface area (Å²) >= 11 is 5.86. The number of hydrogen-bond donors (Lipinski definition) is 2. The lowest BCUT2D eigenvalue weighted by atomic mass is 10.1. The third-order valence-corrected chi connectivity index (χ3v) is 4.40. The van der Waals surface area contributed by atoms with Gasteiger partial charge in [-0.15, -0.1) is 0 Å². The maximum absolute atomic E-state index is 14.3. The summed E-state index contributed by atoms with van der Waals surface area (Å²) < 4.78 is 14.3. The molecule has 0 bridgehead atoms. The highest BCUT2D eigenvalue weighted by Crippen LogP contribution is 2.32. The zero-order valence-electron chi connectivity index (χ0n) is 13.7. The molecule has 0 amide bonds. The SMILES string of the molecule is CN(c1cnc2c(-c3cccc(Cl)c3F)n[nH]c2n1)c1ccccc1N. The van der Waals surface area contributed by atoms with Gasteiger partial charge in [-0.3, -0.25) is 5.10 Å². The summed E-state index contributed by atoms with van der Waals surface area (Å²) in [6.45, 7) is 0. The Morgan fingerprint density at radius 1 is 1.15 bits per heavy atom. The molecule has 2 aromatic heterocycles. The minimum atomic E-state index is -0.539. The number of nitrogens with zero attached hydrogens (tertiary/aromatic N) is 4. The van der Waals surface area contributed by atoms with Crippen molar-refractivity contribution < 1.29 is 4.39 Å². The Morgan fingerprint density at radius 3 is 2.77 bits per heavy atom. The van der Waals surface area contributed by atoms with Gasteiger partial charge >= 0.3 is 0 Å². The van der Waals surface area contributed by atoms with Crippen molar-refractivity contribution in [1.82, 2.24) is 20.2 Å². The van der Waals surface area contributed by atoms with Crippen LogP contribution in [0.25, 0.3) is 22.4 Å². The maximum atomic E-state index is 14.3. The first-order valence-corrected chi connectivity index (χ1v) is 8.18. The van der Waals surface area contributed by atoms with Crippen LogP contribution in [0.15, 0.2) is 48.7 Å². The van der Waals surface area contributed by atoms with Crippen molar-refractivity contribution in [2.45, 2.75) is 0 Å². The van der Waals surface area contributed by atoms with Crippen molar-refractivity contribution in [3.8, 4) is 11.3 Å². The first-order valence-electron chi connectivity index (χ1n) is 7.80. The van der Waals surface area contributed by atoms with Crippen molar-refractivity contribution in [1.29, 1.82) is 0 Å². The monoisotopic (exact) mass is 368 g/mol. The molecule has 4 rings (SSSR count). The molecule has 130 valence electrons. The highest BCUT2D eigenvalue weighted by molar-refractivity contribution is 6.31. The van der Waals surface area contributed by atoms with Crippen molar-refractivity contribution in [3.63, 3.8) is 0 Å². The van der Waals surface area contributed by atoms with Gasteiger partial charge in [-0.2, -0.15) is 5.10 Å². The highest BCUT2D eigenvalue weighted by atomic mass is 35.5. The summed E-state index contributed by atoms with van der Waals surface area (Å²) in [5.74, 6) is 0.0415. The number of benzene rings is 2. The number of hydrogen-bond acceptors (Lipinski definition) is 5. The third kappa shape index (κ3) is 2.62. The second-order valence-electron chi connectivity index (χ2n) is 5.72. The van der Waals surface area contributed by atoms with E-state index in [1.54, 1.807) is 18.3 Å². The number of fused-ring (bicyclic) bond motifs is 1. The number of para-hydroxylation sites is 2. The van der Waals surface area contributed by atoms with Gasteiger partial charge in [-0.1, -0.05) is 29.8 Å². The normalized spacial score (nSPS) is 11.0. The Kier molecular flexibility index (Phi) is 3.93. The molecule has 0 unspecified atom stereocenters. The number of nitrogens with one attached hydrogen (secondary N) is 1. The van der Waals surface area contributed by atoms with E-state index in [0.717, 1.165) is 5.69 Å². The molecule has 0 saturated heterocycles. The smallest absolute Gasteiger partial charge is 0.177 e. The van der Waals surface area contributed by atoms with Crippen LogP contribution in [-0.4, -0.2) is 27.2 Å². The van der Waals surface area contributed by atoms with E-state index in [-0.39, 0.29) is 10.6 Å². The van der Waals surface area contributed by atoms with E-state index in [4.69, 9.17) is 17.3 Å². The molecule has 2 aromatic carbocycles. The summed E-state index contributed by atoms with van der Waals surface area (Å²) in [6, 6.07) is 12.2. The van der Waals surface area contributed by atoms with Crippen molar-refractivity contribution >= 4 is 40.0 Å². The topological polar surface area (TPSA) is 83.7 Å². The fraction of sp³-hybridized carbons (Fsp3) is 0.0556. The van der Waals surface area contributed by atoms with Crippen molar-refractivity contribution in [3.05, 3.63) is 59.5 Å². The number of nitrogen functional groups attached to an aromatic ring is 1. The van der Waals surface area contributed by atoms with Gasteiger partial charge < -0.3 is 10.6 Å². The number of H-pyrrole nitrogens is 1. The molecular weight excluding hydrogens is 355 g/mol. The van der Waals surface area contributed by atoms with Crippen molar-refractivity contribution in [2.75, 3.05) is 17.7 Å². The first-order chi connectivity index (χ1) is 12.6. The average molecular weight is 369 g/mol. The molecule has 4 aromatic rings. The van der Waals surface area contributed by atoms with Gasteiger partial charge in [0.25, 0.3) is 0 Å². The molecule has 0 spiro atoms. The molecule has 0 atom stereocenters. The molecular formula is C18H14ClFN6. The van der Waals surface area contributed by atoms with Crippen molar-refractivity contribution in [2.24, 2.45) is 0 Å². The van der Waals surface area contributed by atoms with E-state index in [1.165, 1.54) is 6.07 Å². The van der Waals surface area contributed by atoms with Gasteiger partial charge in [-0.05, 0) is 24.3 Å². The number of aromatic amines is 1. The number of halogens is 2. The molecule has 6 nitrogen and oxygen atoms in total. The molecule has 8 heteroatoms. The molecule has 0 aliphatic carbocycles. The Balaban J connectivity index is 1.79. The van der Waals surface area contributed by atoms with Gasteiger partial charge in [0.15, 0.2) is 17.3 Å². The first kappa shape index (κ1) is 16.3. The standard InChI is InChI=1S/C18H14ClFN6/c1-26(13-8-3-2-7-12(13)21)14-9-22-17-16(24-25-18(17)23-14)10-5-4-6-11(19)15(10)20/h2-9H,21H2,1H3,(H,23,24,25). The lowest BCUT2D eigenvalue weighted by Crippen LogP contribution is -2.13. The highest BCUT2D eigenvalue weighted by Gasteiger charge is 2.18. The maximum Gasteiger partial charge on any atom is 0.177 e. The van der Waals surface area contributed by atoms with E-state index in [1.807, 2.05) is 36.2 Å². The third-order valence-electron chi connectivity index (χ3n) is 4.11. The summed E-state index contributed by atoms with van der Waals surface area (Å²) in [6.07, 6.45) is 1.59. The summed E-state index contributed by atoms with van der Waals surface area (Å²) in [5, 5.41) is 7.00. The van der Waals surface area contributed by atoms with Crippen LogP contribution >= 0.6 is 11.6 Å². The predicted octanol–water partition coefficient (Wildman–Crippen LogP) is 4.16. The molecule has 0 fully saturated rings. The molecule has 0 aliphatic heterocycles. The Morgan fingerprint density at radius 2 is 1.96 bits per heavy atom. The van der Waals surface area contributed by atoms with Gasteiger partial charge in [0, 0.05) is 12.6 Å². The summed E-state index contributed by atoms with van der Waals surface area (Å²) in [7, 11) is 1.84. The zero-order valence-corrected chi connectivity index (χ0v) is 14.5. The van der Waals surface area contributed by atoms with Crippen LogP contribution in [0.2, 0.25) is 5.02 Å². The van der Waals surface area contributed by atoms with Crippen LogP contribution in [0.4, 0.5) is 21.6 Å². The number of rotatable bonds is 3. The van der Waals surface area contributed by atoms with Gasteiger partial charge in [0.2, 0.25) is 0 Å². The Bertz CT molecular complexity index is 1110. The molecule has 0 aliphatic rings. The van der Waals surface area contributed by atoms with Crippen LogP contribution in [0, 0.1) is 5.82 Å². The minimum Gasteiger partial charge on any atom is -0.397 e. The van der Waals surface area contributed by atoms with E-state index in [0.29, 0.717) is 28.4 Å². The largest absolute Gasteiger partial charge is 0.397 e. The second-order valence-corrected chi connectivity index (χ2v) is 6.12. The quantitative estimate of drug-likeness (QED) is 0.530. The van der Waals surface area contributed by atoms with Crippen LogP contribution in [0.5, 0.6) is 0 Å². The molecule has 2 heterocycles. The average Bonchev–Trinajstić information content (AvgIpc) is 3.07. The van der Waals surface area contributed by atoms with E-state index in [9.17, 15) is 4.39 Å². The van der Waals surface area contributed by atoms with Gasteiger partial charge in [0.05, 0.1) is 22.6 Å². The molecule has 3 N–H and O–H groups in total. The lowest BCUT2D eigenvalue weighted by molar-refractivity contribution is 0.631. The fourth-order valence-electron chi connectivity index (χ4n) is 2.75. The Labute approximate surface area is 153 Å². The summed E-state index contributed by atoms with van der Waals surface area (Å²) in [4.78, 5) is 10.8. The Hall–Kier alpha value is -3.19. The predicted molar refractivity (Wildman–Crippen MR) is 101 cm³/mol. The second kappa shape index (κ2) is 6.27. The zero-order chi connectivity index (χ0) is 18.3. The number of nitrogens with two attached hydrogens (primary N) is 1. The van der Waals surface area contributed by atoms with Gasteiger partial charge in [-0.25, -0.2) is 14.4 Å². The number of anilines is 3. The number of aromatic nitrogens is 4. The van der Waals surface area contributed by atoms with Crippen LogP contribution in [0.1, 0.15) is 0 Å². The van der Waals surface area contributed by atoms with Crippen LogP contribution in [0.3, 0.4) is 0 Å². The summed E-state index contributed by atoms with van der Waals surface area (Å²) in [5.41, 5.74) is 8.99. The van der Waals surface area contributed by atoms with E-state index >= 15 is 0 Å². The minimum absolute atomic E-state index is 0.0301. The fourth-order valence-corrected chi connectivity index (χ4v) is 2.92. The molecule has 0 saturated carbocycles. The molecule has 0 radical (unpaired) electrons. The van der Waals surface area contributed by atoms with E-state index < -0.39 is 5.82 Å². The van der Waals surface area contributed by atoms with Crippen LogP contribution in [-0.2, 0) is 0 Å². The van der Waals surface area contributed by atoms with E-state index in [2.05, 4.69) is 20.2 Å². The lowest BCUT2D eigenvalue weighted by Gasteiger charge is -2.19. The van der Waals surface area contributed by atoms with Crippen LogP contribution < -0.4 is 10.6 Å².